The van der Waals surface area contributed by atoms with Crippen molar-refractivity contribution in [3.63, 3.8) is 0 Å². The number of aryl methyl sites for hydroxylation is 1. The molecule has 7 heteroatoms. The average molecular weight is 364 g/mol. The minimum atomic E-state index is -0.385. The number of carbonyl (C=O) groups is 1. The van der Waals surface area contributed by atoms with Crippen molar-refractivity contribution in [1.29, 1.82) is 0 Å². The van der Waals surface area contributed by atoms with Crippen LogP contribution in [0.2, 0.25) is 0 Å². The third kappa shape index (κ3) is 4.33. The van der Waals surface area contributed by atoms with E-state index in [-0.39, 0.29) is 5.91 Å². The lowest BCUT2D eigenvalue weighted by Crippen LogP contribution is -2.18. The molecule has 0 aliphatic rings. The highest BCUT2D eigenvalue weighted by Crippen LogP contribution is 2.23. The van der Waals surface area contributed by atoms with Crippen molar-refractivity contribution >= 4 is 12.1 Å². The molecule has 0 unspecified atom stereocenters. The van der Waals surface area contributed by atoms with E-state index in [4.69, 9.17) is 9.47 Å². The van der Waals surface area contributed by atoms with Gasteiger partial charge in [0, 0.05) is 17.2 Å². The van der Waals surface area contributed by atoms with E-state index < -0.39 is 0 Å². The Hall–Kier alpha value is -3.61. The highest BCUT2D eigenvalue weighted by molar-refractivity contribution is 5.94. The molecule has 27 heavy (non-hydrogen) atoms. The summed E-state index contributed by atoms with van der Waals surface area (Å²) in [6.45, 7) is 2.02. The zero-order valence-electron chi connectivity index (χ0n) is 15.3. The molecule has 7 nitrogen and oxygen atoms in total. The number of carbonyl (C=O) groups excluding carboxylic acids is 1. The monoisotopic (exact) mass is 364 g/mol. The minimum Gasteiger partial charge on any atom is -0.497 e. The zero-order valence-corrected chi connectivity index (χ0v) is 15.3. The van der Waals surface area contributed by atoms with E-state index in [1.807, 2.05) is 31.2 Å². The molecule has 0 saturated carbocycles. The van der Waals surface area contributed by atoms with Crippen LogP contribution in [-0.2, 0) is 0 Å². The standard InChI is InChI=1S/C20H20N4O3/c1-13-4-6-14(7-5-13)17-11-18(23-22-17)20(25)24-21-12-15-8-9-16(26-2)10-19(15)27-3/h4-12H,1-3H3,(H,22,23)(H,24,25)/b21-12-. The Balaban J connectivity index is 1.68. The number of aromatic amines is 1. The first-order valence-electron chi connectivity index (χ1n) is 8.28. The summed E-state index contributed by atoms with van der Waals surface area (Å²) >= 11 is 0. The molecule has 0 saturated heterocycles. The zero-order chi connectivity index (χ0) is 19.2. The van der Waals surface area contributed by atoms with Crippen LogP contribution in [0.5, 0.6) is 11.5 Å². The summed E-state index contributed by atoms with van der Waals surface area (Å²) in [5.41, 5.74) is 6.30. The molecular formula is C20H20N4O3. The van der Waals surface area contributed by atoms with Crippen molar-refractivity contribution < 1.29 is 14.3 Å². The first kappa shape index (κ1) is 18.2. The number of aromatic nitrogens is 2. The number of hydrogen-bond donors (Lipinski definition) is 2. The molecule has 2 aromatic carbocycles. The van der Waals surface area contributed by atoms with Gasteiger partial charge in [-0.3, -0.25) is 9.89 Å². The Morgan fingerprint density at radius 2 is 1.89 bits per heavy atom. The smallest absolute Gasteiger partial charge is 0.289 e. The minimum absolute atomic E-state index is 0.324. The highest BCUT2D eigenvalue weighted by Gasteiger charge is 2.10. The predicted octanol–water partition coefficient (Wildman–Crippen LogP) is 3.17. The number of hydrogen-bond acceptors (Lipinski definition) is 5. The van der Waals surface area contributed by atoms with E-state index in [0.29, 0.717) is 28.5 Å². The maximum Gasteiger partial charge on any atom is 0.289 e. The molecule has 3 aromatic rings. The van der Waals surface area contributed by atoms with Gasteiger partial charge in [0.05, 0.1) is 26.1 Å². The number of hydrazone groups is 1. The van der Waals surface area contributed by atoms with Gasteiger partial charge >= 0.3 is 0 Å². The lowest BCUT2D eigenvalue weighted by atomic mass is 10.1. The van der Waals surface area contributed by atoms with E-state index in [1.54, 1.807) is 38.5 Å². The van der Waals surface area contributed by atoms with Gasteiger partial charge in [-0.2, -0.15) is 10.2 Å². The van der Waals surface area contributed by atoms with Gasteiger partial charge in [-0.05, 0) is 25.1 Å². The number of nitrogens with zero attached hydrogens (tertiary/aromatic N) is 2. The van der Waals surface area contributed by atoms with Crippen LogP contribution >= 0.6 is 0 Å². The van der Waals surface area contributed by atoms with Crippen LogP contribution in [0.3, 0.4) is 0 Å². The van der Waals surface area contributed by atoms with Crippen LogP contribution in [-0.4, -0.2) is 36.5 Å². The quantitative estimate of drug-likeness (QED) is 0.519. The molecule has 0 bridgehead atoms. The predicted molar refractivity (Wildman–Crippen MR) is 103 cm³/mol. The van der Waals surface area contributed by atoms with Gasteiger partial charge in [0.2, 0.25) is 0 Å². The average Bonchev–Trinajstić information content (AvgIpc) is 3.19. The number of benzene rings is 2. The topological polar surface area (TPSA) is 88.6 Å². The van der Waals surface area contributed by atoms with Crippen molar-refractivity contribution in [1.82, 2.24) is 15.6 Å². The Morgan fingerprint density at radius 1 is 1.11 bits per heavy atom. The molecule has 0 fully saturated rings. The van der Waals surface area contributed by atoms with E-state index in [9.17, 15) is 4.79 Å². The molecule has 0 aliphatic carbocycles. The summed E-state index contributed by atoms with van der Waals surface area (Å²) in [6, 6.07) is 14.9. The molecule has 1 heterocycles. The normalized spacial score (nSPS) is 10.8. The molecule has 1 aromatic heterocycles. The Bertz CT molecular complexity index is 962. The maximum atomic E-state index is 12.2. The highest BCUT2D eigenvalue weighted by atomic mass is 16.5. The van der Waals surface area contributed by atoms with Gasteiger partial charge in [-0.25, -0.2) is 5.43 Å². The van der Waals surface area contributed by atoms with Crippen molar-refractivity contribution in [3.8, 4) is 22.8 Å². The fourth-order valence-corrected chi connectivity index (χ4v) is 2.46. The van der Waals surface area contributed by atoms with Crippen molar-refractivity contribution in [2.45, 2.75) is 6.92 Å². The third-order valence-corrected chi connectivity index (χ3v) is 3.98. The first-order chi connectivity index (χ1) is 13.1. The van der Waals surface area contributed by atoms with Gasteiger partial charge < -0.3 is 9.47 Å². The van der Waals surface area contributed by atoms with Crippen LogP contribution in [0.25, 0.3) is 11.3 Å². The molecule has 2 N–H and O–H groups in total. The summed E-state index contributed by atoms with van der Waals surface area (Å²) < 4.78 is 10.4. The molecule has 138 valence electrons. The number of ether oxygens (including phenoxy) is 2. The summed E-state index contributed by atoms with van der Waals surface area (Å²) in [5.74, 6) is 0.884. The number of H-pyrrole nitrogens is 1. The second kappa shape index (κ2) is 8.18. The Morgan fingerprint density at radius 3 is 2.59 bits per heavy atom. The summed E-state index contributed by atoms with van der Waals surface area (Å²) in [7, 11) is 3.14. The van der Waals surface area contributed by atoms with Crippen LogP contribution in [0.15, 0.2) is 53.6 Å². The number of rotatable bonds is 6. The molecular weight excluding hydrogens is 344 g/mol. The van der Waals surface area contributed by atoms with E-state index in [1.165, 1.54) is 6.21 Å². The largest absolute Gasteiger partial charge is 0.497 e. The molecule has 1 amide bonds. The third-order valence-electron chi connectivity index (χ3n) is 3.98. The van der Waals surface area contributed by atoms with Gasteiger partial charge in [0.25, 0.3) is 5.91 Å². The molecule has 0 aliphatic heterocycles. The SMILES string of the molecule is COc1ccc(/C=N\NC(=O)c2cc(-c3ccc(C)cc3)n[nH]2)c(OC)c1. The van der Waals surface area contributed by atoms with E-state index in [0.717, 1.165) is 11.1 Å². The fraction of sp³-hybridized carbons (Fsp3) is 0.150. The molecule has 0 spiro atoms. The second-order valence-electron chi connectivity index (χ2n) is 5.84. The number of nitrogens with one attached hydrogen (secondary N) is 2. The lowest BCUT2D eigenvalue weighted by molar-refractivity contribution is 0.0950. The maximum absolute atomic E-state index is 12.2. The Kier molecular flexibility index (Phi) is 5.51. The second-order valence-corrected chi connectivity index (χ2v) is 5.84. The summed E-state index contributed by atoms with van der Waals surface area (Å²) in [5, 5.41) is 10.9. The first-order valence-corrected chi connectivity index (χ1v) is 8.28. The lowest BCUT2D eigenvalue weighted by Gasteiger charge is -2.06. The van der Waals surface area contributed by atoms with Gasteiger partial charge in [-0.15, -0.1) is 0 Å². The number of methoxy groups -OCH3 is 2. The van der Waals surface area contributed by atoms with Crippen LogP contribution in [0, 0.1) is 6.92 Å². The molecule has 0 radical (unpaired) electrons. The van der Waals surface area contributed by atoms with Crippen molar-refractivity contribution in [2.24, 2.45) is 5.10 Å². The fourth-order valence-electron chi connectivity index (χ4n) is 2.46. The summed E-state index contributed by atoms with van der Waals surface area (Å²) in [4.78, 5) is 12.2. The molecule has 0 atom stereocenters. The van der Waals surface area contributed by atoms with E-state index >= 15 is 0 Å². The van der Waals surface area contributed by atoms with Crippen molar-refractivity contribution in [2.75, 3.05) is 14.2 Å². The van der Waals surface area contributed by atoms with Crippen LogP contribution < -0.4 is 14.9 Å². The van der Waals surface area contributed by atoms with Gasteiger partial charge in [-0.1, -0.05) is 29.8 Å². The van der Waals surface area contributed by atoms with Gasteiger partial charge in [0.15, 0.2) is 0 Å². The van der Waals surface area contributed by atoms with Gasteiger partial charge in [0.1, 0.15) is 17.2 Å². The van der Waals surface area contributed by atoms with E-state index in [2.05, 4.69) is 20.7 Å². The van der Waals surface area contributed by atoms with Crippen molar-refractivity contribution in [3.05, 3.63) is 65.4 Å². The Labute approximate surface area is 157 Å². The van der Waals surface area contributed by atoms with Crippen LogP contribution in [0.4, 0.5) is 0 Å². The number of amides is 1. The van der Waals surface area contributed by atoms with Crippen LogP contribution in [0.1, 0.15) is 21.6 Å². The summed E-state index contributed by atoms with van der Waals surface area (Å²) in [6.07, 6.45) is 1.51. The molecule has 3 rings (SSSR count).